The lowest BCUT2D eigenvalue weighted by atomic mass is 9.78. The highest BCUT2D eigenvalue weighted by Gasteiger charge is 2.45. The zero-order valence-electron chi connectivity index (χ0n) is 23.0. The summed E-state index contributed by atoms with van der Waals surface area (Å²) in [5.74, 6) is -0.673. The van der Waals surface area contributed by atoms with E-state index in [-0.39, 0.29) is 24.0 Å². The van der Waals surface area contributed by atoms with Crippen molar-refractivity contribution < 1.29 is 28.6 Å². The van der Waals surface area contributed by atoms with E-state index in [1.807, 2.05) is 18.2 Å². The van der Waals surface area contributed by atoms with Gasteiger partial charge in [0, 0.05) is 11.3 Å². The summed E-state index contributed by atoms with van der Waals surface area (Å²) in [5.41, 5.74) is 2.94. The summed E-state index contributed by atoms with van der Waals surface area (Å²) in [6.07, 6.45) is 0. The molecule has 0 saturated carbocycles. The highest BCUT2D eigenvalue weighted by atomic mass is 16.5. The first-order valence-electron chi connectivity index (χ1n) is 13.2. The second-order valence-corrected chi connectivity index (χ2v) is 9.41. The number of nitrogens with one attached hydrogen (secondary N) is 1. The van der Waals surface area contributed by atoms with Crippen LogP contribution >= 0.6 is 0 Å². The van der Waals surface area contributed by atoms with E-state index in [4.69, 9.17) is 14.2 Å². The van der Waals surface area contributed by atoms with E-state index in [0.29, 0.717) is 34.0 Å². The lowest BCUT2D eigenvalue weighted by Crippen LogP contribution is -2.46. The number of benzene rings is 4. The predicted octanol–water partition coefficient (Wildman–Crippen LogP) is 6.00. The summed E-state index contributed by atoms with van der Waals surface area (Å²) in [5, 5.41) is 2.97. The largest absolute Gasteiger partial charge is 0.497 e. The number of hydrogen-bond acceptors (Lipinski definition) is 6. The van der Waals surface area contributed by atoms with Crippen molar-refractivity contribution in [2.24, 2.45) is 0 Å². The van der Waals surface area contributed by atoms with Crippen molar-refractivity contribution in [1.82, 2.24) is 0 Å². The van der Waals surface area contributed by atoms with Crippen molar-refractivity contribution in [3.8, 4) is 11.5 Å². The van der Waals surface area contributed by atoms with E-state index in [9.17, 15) is 14.4 Å². The molecular weight excluding hydrogens is 520 g/mol. The molecule has 2 amide bonds. The third kappa shape index (κ3) is 5.36. The molecule has 1 heterocycles. The van der Waals surface area contributed by atoms with Crippen LogP contribution in [0.3, 0.4) is 0 Å². The fourth-order valence-electron chi connectivity index (χ4n) is 5.18. The van der Waals surface area contributed by atoms with Gasteiger partial charge in [0.25, 0.3) is 5.91 Å². The second-order valence-electron chi connectivity index (χ2n) is 9.41. The molecule has 8 heteroatoms. The molecule has 5 rings (SSSR count). The predicted molar refractivity (Wildman–Crippen MR) is 156 cm³/mol. The van der Waals surface area contributed by atoms with Gasteiger partial charge in [0.1, 0.15) is 11.5 Å². The van der Waals surface area contributed by atoms with E-state index < -0.39 is 17.9 Å². The smallest absolute Gasteiger partial charge is 0.340 e. The number of fused-ring (bicyclic) bond motifs is 1. The molecular formula is C33H30N2O6. The Morgan fingerprint density at radius 3 is 2.07 bits per heavy atom. The van der Waals surface area contributed by atoms with Crippen LogP contribution in [0.1, 0.15) is 50.7 Å². The second kappa shape index (κ2) is 12.0. The number of para-hydroxylation sites is 1. The molecule has 0 spiro atoms. The van der Waals surface area contributed by atoms with E-state index in [0.717, 1.165) is 5.56 Å². The zero-order chi connectivity index (χ0) is 28.9. The Morgan fingerprint density at radius 2 is 1.41 bits per heavy atom. The third-order valence-corrected chi connectivity index (χ3v) is 7.11. The maximum Gasteiger partial charge on any atom is 0.340 e. The average molecular weight is 551 g/mol. The monoisotopic (exact) mass is 550 g/mol. The van der Waals surface area contributed by atoms with Gasteiger partial charge in [-0.3, -0.25) is 14.5 Å². The number of nitrogens with zero attached hydrogens (tertiary/aromatic N) is 1. The molecule has 0 saturated heterocycles. The summed E-state index contributed by atoms with van der Waals surface area (Å²) in [4.78, 5) is 42.7. The van der Waals surface area contributed by atoms with Gasteiger partial charge in [0.2, 0.25) is 5.91 Å². The quantitative estimate of drug-likeness (QED) is 0.270. The summed E-state index contributed by atoms with van der Waals surface area (Å²) in [6, 6.07) is 27.6. The summed E-state index contributed by atoms with van der Waals surface area (Å²) < 4.78 is 15.9. The molecule has 0 unspecified atom stereocenters. The van der Waals surface area contributed by atoms with Gasteiger partial charge in [-0.25, -0.2) is 4.79 Å². The zero-order valence-corrected chi connectivity index (χ0v) is 23.0. The molecule has 41 heavy (non-hydrogen) atoms. The van der Waals surface area contributed by atoms with Crippen molar-refractivity contribution in [3.63, 3.8) is 0 Å². The van der Waals surface area contributed by atoms with Gasteiger partial charge in [0.15, 0.2) is 0 Å². The van der Waals surface area contributed by atoms with Gasteiger partial charge in [0.05, 0.1) is 44.0 Å². The van der Waals surface area contributed by atoms with Crippen LogP contribution in [0.4, 0.5) is 11.4 Å². The van der Waals surface area contributed by atoms with Gasteiger partial charge < -0.3 is 19.5 Å². The summed E-state index contributed by atoms with van der Waals surface area (Å²) >= 11 is 0. The Bertz CT molecular complexity index is 1570. The van der Waals surface area contributed by atoms with Crippen molar-refractivity contribution in [1.29, 1.82) is 0 Å². The van der Waals surface area contributed by atoms with Crippen LogP contribution in [0.25, 0.3) is 0 Å². The molecule has 0 aliphatic carbocycles. The number of amides is 2. The van der Waals surface area contributed by atoms with Crippen LogP contribution < -0.4 is 19.7 Å². The van der Waals surface area contributed by atoms with Crippen molar-refractivity contribution >= 4 is 29.2 Å². The van der Waals surface area contributed by atoms with E-state index >= 15 is 0 Å². The Morgan fingerprint density at radius 1 is 0.805 bits per heavy atom. The van der Waals surface area contributed by atoms with Crippen LogP contribution in [-0.4, -0.2) is 38.6 Å². The highest BCUT2D eigenvalue weighted by molar-refractivity contribution is 6.13. The molecule has 1 aliphatic heterocycles. The lowest BCUT2D eigenvalue weighted by Gasteiger charge is -2.42. The van der Waals surface area contributed by atoms with Crippen LogP contribution in [0.5, 0.6) is 11.5 Å². The minimum absolute atomic E-state index is 0.204. The standard InChI is InChI=1S/C33H30N2O6/c1-4-41-33(38)27-11-7-8-12-28(27)34-31(36)29-25-9-5-6-10-26(25)32(37)35(22-15-19-24(40-3)20-16-22)30(29)21-13-17-23(39-2)18-14-21/h5-20,29-30H,4H2,1-3H3,(H,34,36)/t29-,30-/m0/s1. The first-order valence-corrected chi connectivity index (χ1v) is 13.2. The molecule has 4 aromatic carbocycles. The van der Waals surface area contributed by atoms with Crippen LogP contribution in [0.15, 0.2) is 97.1 Å². The Labute approximate surface area is 238 Å². The number of carbonyl (C=O) groups is 3. The number of ether oxygens (including phenoxy) is 3. The molecule has 1 N–H and O–H groups in total. The van der Waals surface area contributed by atoms with Gasteiger partial charge >= 0.3 is 5.97 Å². The summed E-state index contributed by atoms with van der Waals surface area (Å²) in [7, 11) is 3.16. The van der Waals surface area contributed by atoms with E-state index in [1.54, 1.807) is 105 Å². The summed E-state index contributed by atoms with van der Waals surface area (Å²) in [6.45, 7) is 1.93. The van der Waals surface area contributed by atoms with Gasteiger partial charge in [-0.15, -0.1) is 0 Å². The first kappa shape index (κ1) is 27.5. The molecule has 0 bridgehead atoms. The van der Waals surface area contributed by atoms with Crippen LogP contribution in [0, 0.1) is 0 Å². The number of hydrogen-bond donors (Lipinski definition) is 1. The van der Waals surface area contributed by atoms with Gasteiger partial charge in [-0.05, 0) is 72.6 Å². The minimum atomic E-state index is -0.824. The van der Waals surface area contributed by atoms with E-state index in [2.05, 4.69) is 5.32 Å². The Kier molecular flexibility index (Phi) is 8.01. The lowest BCUT2D eigenvalue weighted by molar-refractivity contribution is -0.118. The topological polar surface area (TPSA) is 94.2 Å². The molecule has 8 nitrogen and oxygen atoms in total. The molecule has 1 aliphatic rings. The SMILES string of the molecule is CCOC(=O)c1ccccc1NC(=O)[C@H]1c2ccccc2C(=O)N(c2ccc(OC)cc2)[C@H]1c1ccc(OC)cc1. The Hall–Kier alpha value is -5.11. The molecule has 2 atom stereocenters. The normalized spacial score (nSPS) is 16.0. The average Bonchev–Trinajstić information content (AvgIpc) is 3.01. The molecule has 4 aromatic rings. The Balaban J connectivity index is 1.66. The van der Waals surface area contributed by atoms with Crippen LogP contribution in [-0.2, 0) is 9.53 Å². The molecule has 208 valence electrons. The molecule has 0 fully saturated rings. The minimum Gasteiger partial charge on any atom is -0.497 e. The maximum absolute atomic E-state index is 14.3. The number of rotatable bonds is 8. The fraction of sp³-hybridized carbons (Fsp3) is 0.182. The highest BCUT2D eigenvalue weighted by Crippen LogP contribution is 2.46. The first-order chi connectivity index (χ1) is 20.0. The van der Waals surface area contributed by atoms with Gasteiger partial charge in [-0.2, -0.15) is 0 Å². The third-order valence-electron chi connectivity index (χ3n) is 7.11. The number of methoxy groups -OCH3 is 2. The van der Waals surface area contributed by atoms with Crippen LogP contribution in [0.2, 0.25) is 0 Å². The van der Waals surface area contributed by atoms with Gasteiger partial charge in [-0.1, -0.05) is 42.5 Å². The molecule has 0 radical (unpaired) electrons. The number of anilines is 2. The molecule has 0 aromatic heterocycles. The van der Waals surface area contributed by atoms with Crippen molar-refractivity contribution in [2.45, 2.75) is 18.9 Å². The van der Waals surface area contributed by atoms with Crippen molar-refractivity contribution in [2.75, 3.05) is 31.0 Å². The van der Waals surface area contributed by atoms with Crippen molar-refractivity contribution in [3.05, 3.63) is 119 Å². The fourth-order valence-corrected chi connectivity index (χ4v) is 5.18. The maximum atomic E-state index is 14.3. The number of esters is 1. The van der Waals surface area contributed by atoms with E-state index in [1.165, 1.54) is 0 Å². The number of carbonyl (C=O) groups excluding carboxylic acids is 3.